The van der Waals surface area contributed by atoms with Crippen LogP contribution < -0.4 is 10.6 Å². The zero-order valence-electron chi connectivity index (χ0n) is 20.1. The van der Waals surface area contributed by atoms with Gasteiger partial charge in [-0.3, -0.25) is 19.3 Å². The largest absolute Gasteiger partial charge is 0.477 e. The average molecular weight is 592 g/mol. The summed E-state index contributed by atoms with van der Waals surface area (Å²) in [5.41, 5.74) is 0.455. The van der Waals surface area contributed by atoms with Crippen molar-refractivity contribution >= 4 is 69.9 Å². The van der Waals surface area contributed by atoms with E-state index in [1.165, 1.54) is 38.5 Å². The number of nitrogens with zero attached hydrogens (tertiary/aromatic N) is 7. The second kappa shape index (κ2) is 11.5. The Hall–Kier alpha value is -3.77. The Morgan fingerprint density at radius 1 is 1.38 bits per heavy atom. The Morgan fingerprint density at radius 3 is 2.92 bits per heavy atom. The Balaban J connectivity index is 1.30. The number of allylic oxidation sites excluding steroid dienone is 1. The molecule has 2 fully saturated rings. The standard InChI is InChI=1S/C21H21N9O6S3/c1-2-5-29-21(25-27-28-29)39-7-10-6-37-18-14(17(33)30(18)15(10)19(34)35)24-16(32)13(26-36-11-3-4-11)12-8-38-20(23-12)22-9-31/h2,8-9,11,14,18H,1,3-7H2,(H,24,32)(H,34,35)(H,22,23,31)/t14-,18+/m1/s1. The van der Waals surface area contributed by atoms with Gasteiger partial charge in [0.1, 0.15) is 28.9 Å². The van der Waals surface area contributed by atoms with E-state index in [0.717, 1.165) is 24.2 Å². The molecule has 2 aromatic rings. The number of hydrogen-bond acceptors (Lipinski definition) is 13. The fourth-order valence-corrected chi connectivity index (χ4v) is 6.72. The van der Waals surface area contributed by atoms with Crippen molar-refractivity contribution < 1.29 is 29.1 Å². The number of thioether (sulfide) groups is 2. The fourth-order valence-electron chi connectivity index (χ4n) is 3.70. The van der Waals surface area contributed by atoms with Crippen molar-refractivity contribution in [2.24, 2.45) is 5.16 Å². The highest BCUT2D eigenvalue weighted by Gasteiger charge is 2.54. The topological polar surface area (TPSA) is 194 Å². The van der Waals surface area contributed by atoms with Gasteiger partial charge in [-0.15, -0.1) is 34.8 Å². The molecule has 0 bridgehead atoms. The molecule has 3 amide bonds. The number of carboxylic acid groups (broad SMARTS) is 1. The highest BCUT2D eigenvalue weighted by molar-refractivity contribution is 8.01. The van der Waals surface area contributed by atoms with Crippen LogP contribution >= 0.6 is 34.9 Å². The average Bonchev–Trinajstić information content (AvgIpc) is 3.46. The second-order valence-corrected chi connectivity index (χ2v) is 11.3. The predicted octanol–water partition coefficient (Wildman–Crippen LogP) is 0.298. The molecule has 4 heterocycles. The molecule has 0 unspecified atom stereocenters. The predicted molar refractivity (Wildman–Crippen MR) is 141 cm³/mol. The van der Waals surface area contributed by atoms with Crippen LogP contribution in [0.1, 0.15) is 18.5 Å². The third-order valence-corrected chi connectivity index (χ3v) is 8.83. The van der Waals surface area contributed by atoms with Crippen molar-refractivity contribution in [2.45, 2.75) is 42.1 Å². The van der Waals surface area contributed by atoms with Gasteiger partial charge in [-0.2, -0.15) is 0 Å². The van der Waals surface area contributed by atoms with E-state index < -0.39 is 29.2 Å². The molecule has 204 valence electrons. The van der Waals surface area contributed by atoms with Gasteiger partial charge in [0.2, 0.25) is 11.6 Å². The number of carbonyl (C=O) groups is 4. The number of thiazole rings is 1. The highest BCUT2D eigenvalue weighted by atomic mass is 32.2. The lowest BCUT2D eigenvalue weighted by Crippen LogP contribution is -2.71. The Labute approximate surface area is 233 Å². The SMILES string of the molecule is C=CCn1nnnc1SCC1=C(C(=O)O)N2C(=O)[C@@H](NC(=O)C(=NOC3CC3)c3csc(NC=O)n3)[C@@H]2SC1. The van der Waals surface area contributed by atoms with Crippen LogP contribution in [0.4, 0.5) is 5.13 Å². The minimum absolute atomic E-state index is 0.0883. The van der Waals surface area contributed by atoms with E-state index in [1.54, 1.807) is 6.08 Å². The first-order valence-electron chi connectivity index (χ1n) is 11.5. The zero-order valence-corrected chi connectivity index (χ0v) is 22.5. The number of aliphatic carboxylic acids is 1. The normalized spacial score (nSPS) is 20.7. The van der Waals surface area contributed by atoms with Gasteiger partial charge in [0.15, 0.2) is 10.8 Å². The van der Waals surface area contributed by atoms with Crippen molar-refractivity contribution in [3.63, 3.8) is 0 Å². The van der Waals surface area contributed by atoms with E-state index >= 15 is 0 Å². The second-order valence-electron chi connectivity index (χ2n) is 8.38. The first-order chi connectivity index (χ1) is 18.9. The lowest BCUT2D eigenvalue weighted by Gasteiger charge is -2.49. The van der Waals surface area contributed by atoms with Crippen molar-refractivity contribution in [3.05, 3.63) is 35.0 Å². The Kier molecular flexibility index (Phi) is 7.94. The van der Waals surface area contributed by atoms with E-state index in [0.29, 0.717) is 29.4 Å². The van der Waals surface area contributed by atoms with Gasteiger partial charge in [-0.1, -0.05) is 23.0 Å². The molecule has 1 saturated heterocycles. The van der Waals surface area contributed by atoms with Crippen molar-refractivity contribution in [2.75, 3.05) is 16.8 Å². The molecule has 0 spiro atoms. The van der Waals surface area contributed by atoms with Crippen LogP contribution in [0.5, 0.6) is 0 Å². The molecule has 0 radical (unpaired) electrons. The molecule has 2 aromatic heterocycles. The fraction of sp³-hybridized carbons (Fsp3) is 0.381. The highest BCUT2D eigenvalue weighted by Crippen LogP contribution is 2.41. The first kappa shape index (κ1) is 26.8. The number of rotatable bonds is 13. The smallest absolute Gasteiger partial charge is 0.352 e. The molecule has 5 rings (SSSR count). The van der Waals surface area contributed by atoms with Crippen molar-refractivity contribution in [1.29, 1.82) is 0 Å². The summed E-state index contributed by atoms with van der Waals surface area (Å²) in [7, 11) is 0. The van der Waals surface area contributed by atoms with Crippen LogP contribution in [0.15, 0.2) is 39.6 Å². The summed E-state index contributed by atoms with van der Waals surface area (Å²) < 4.78 is 1.53. The first-order valence-corrected chi connectivity index (χ1v) is 14.4. The molecule has 15 nitrogen and oxygen atoms in total. The maximum absolute atomic E-state index is 13.2. The maximum Gasteiger partial charge on any atom is 0.352 e. The molecule has 3 N–H and O–H groups in total. The van der Waals surface area contributed by atoms with Gasteiger partial charge in [0.25, 0.3) is 11.8 Å². The summed E-state index contributed by atoms with van der Waals surface area (Å²) in [6.45, 7) is 4.06. The number of aromatic nitrogens is 5. The van der Waals surface area contributed by atoms with Crippen LogP contribution in [-0.4, -0.2) is 94.1 Å². The molecule has 1 saturated carbocycles. The maximum atomic E-state index is 13.2. The minimum Gasteiger partial charge on any atom is -0.477 e. The lowest BCUT2D eigenvalue weighted by molar-refractivity contribution is -0.150. The van der Waals surface area contributed by atoms with E-state index in [2.05, 4.69) is 42.9 Å². The van der Waals surface area contributed by atoms with Gasteiger partial charge < -0.3 is 20.6 Å². The minimum atomic E-state index is -1.24. The molecule has 39 heavy (non-hydrogen) atoms. The number of β-lactam (4-membered cyclic amide) rings is 1. The number of fused-ring (bicyclic) bond motifs is 1. The number of carboxylic acids is 1. The zero-order chi connectivity index (χ0) is 27.5. The van der Waals surface area contributed by atoms with E-state index in [1.807, 2.05) is 0 Å². The summed E-state index contributed by atoms with van der Waals surface area (Å²) in [4.78, 5) is 59.9. The summed E-state index contributed by atoms with van der Waals surface area (Å²) in [5.74, 6) is -1.90. The summed E-state index contributed by atoms with van der Waals surface area (Å²) >= 11 is 3.69. The van der Waals surface area contributed by atoms with Gasteiger partial charge in [-0.25, -0.2) is 14.5 Å². The van der Waals surface area contributed by atoms with Gasteiger partial charge >= 0.3 is 5.97 Å². The molecule has 0 aromatic carbocycles. The molecule has 1 aliphatic carbocycles. The Morgan fingerprint density at radius 2 is 2.21 bits per heavy atom. The van der Waals surface area contributed by atoms with Gasteiger partial charge in [-0.05, 0) is 28.8 Å². The van der Waals surface area contributed by atoms with E-state index in [4.69, 9.17) is 4.84 Å². The number of hydrogen-bond donors (Lipinski definition) is 3. The van der Waals surface area contributed by atoms with Crippen LogP contribution in [0.2, 0.25) is 0 Å². The number of amides is 3. The summed E-state index contributed by atoms with van der Waals surface area (Å²) in [5, 5.41) is 32.1. The number of carbonyl (C=O) groups excluding carboxylic acids is 3. The quantitative estimate of drug-likeness (QED) is 0.0721. The van der Waals surface area contributed by atoms with Crippen molar-refractivity contribution in [1.82, 2.24) is 35.4 Å². The van der Waals surface area contributed by atoms with Gasteiger partial charge in [0.05, 0.1) is 6.54 Å². The third kappa shape index (κ3) is 5.66. The van der Waals surface area contributed by atoms with Gasteiger partial charge in [0, 0.05) is 16.9 Å². The van der Waals surface area contributed by atoms with Crippen molar-refractivity contribution in [3.8, 4) is 0 Å². The molecule has 2 aliphatic heterocycles. The lowest BCUT2D eigenvalue weighted by atomic mass is 10.0. The van der Waals surface area contributed by atoms with Crippen LogP contribution in [0.25, 0.3) is 0 Å². The van der Waals surface area contributed by atoms with E-state index in [9.17, 15) is 24.3 Å². The number of anilines is 1. The van der Waals surface area contributed by atoms with Crippen LogP contribution in [0.3, 0.4) is 0 Å². The Bertz CT molecular complexity index is 1380. The number of nitrogens with one attached hydrogen (secondary N) is 2. The number of tetrazole rings is 1. The van der Waals surface area contributed by atoms with Crippen LogP contribution in [-0.2, 0) is 30.6 Å². The number of oxime groups is 1. The molecular formula is C21H21N9O6S3. The van der Waals surface area contributed by atoms with Crippen LogP contribution in [0, 0.1) is 0 Å². The molecule has 18 heteroatoms. The monoisotopic (exact) mass is 591 g/mol. The van der Waals surface area contributed by atoms with E-state index in [-0.39, 0.29) is 34.1 Å². The molecule has 3 aliphatic rings. The molecule has 2 atom stereocenters. The summed E-state index contributed by atoms with van der Waals surface area (Å²) in [6, 6.07) is -0.969. The summed E-state index contributed by atoms with van der Waals surface area (Å²) in [6.07, 6.45) is 3.65. The molecular weight excluding hydrogens is 570 g/mol. The third-order valence-electron chi connectivity index (χ3n) is 5.67.